The van der Waals surface area contributed by atoms with Gasteiger partial charge in [0.2, 0.25) is 0 Å². The average Bonchev–Trinajstić information content (AvgIpc) is 2.63. The number of hydrogen-bond acceptors (Lipinski definition) is 3. The first kappa shape index (κ1) is 7.83. The van der Waals surface area contributed by atoms with Crippen LogP contribution in [-0.2, 0) is 6.54 Å². The lowest BCUT2D eigenvalue weighted by atomic mass is 10.3. The fourth-order valence-electron chi connectivity index (χ4n) is 1.65. The van der Waals surface area contributed by atoms with E-state index >= 15 is 0 Å². The molecule has 0 amide bonds. The Morgan fingerprint density at radius 1 is 1.67 bits per heavy atom. The third-order valence-electron chi connectivity index (χ3n) is 2.30. The molecule has 0 aromatic carbocycles. The Hall–Kier alpha value is -0.800. The van der Waals surface area contributed by atoms with Crippen molar-refractivity contribution >= 4 is 0 Å². The Bertz CT molecular complexity index is 233. The van der Waals surface area contributed by atoms with Crippen LogP contribution in [0.5, 0.6) is 0 Å². The Balaban J connectivity index is 1.88. The number of nitrogens with zero attached hydrogens (tertiary/aromatic N) is 1. The zero-order chi connectivity index (χ0) is 8.39. The number of hydrogen-bond donors (Lipinski definition) is 1. The third kappa shape index (κ3) is 1.68. The summed E-state index contributed by atoms with van der Waals surface area (Å²) in [6, 6.07) is 2.38. The Morgan fingerprint density at radius 3 is 3.17 bits per heavy atom. The van der Waals surface area contributed by atoms with Crippen LogP contribution >= 0.6 is 0 Å². The summed E-state index contributed by atoms with van der Waals surface area (Å²) in [4.78, 5) is 2.36. The lowest BCUT2D eigenvalue weighted by molar-refractivity contribution is 0.325. The Labute approximate surface area is 72.1 Å². The second kappa shape index (κ2) is 3.29. The van der Waals surface area contributed by atoms with Gasteiger partial charge in [0.15, 0.2) is 0 Å². The SMILES string of the molecule is N[C@H]1CCN(Cc2ccoc2)C1. The van der Waals surface area contributed by atoms with Crippen molar-refractivity contribution in [3.8, 4) is 0 Å². The van der Waals surface area contributed by atoms with Crippen molar-refractivity contribution < 1.29 is 4.42 Å². The summed E-state index contributed by atoms with van der Waals surface area (Å²) in [7, 11) is 0. The minimum absolute atomic E-state index is 0.372. The summed E-state index contributed by atoms with van der Waals surface area (Å²) < 4.78 is 4.99. The van der Waals surface area contributed by atoms with Gasteiger partial charge in [-0.3, -0.25) is 4.90 Å². The van der Waals surface area contributed by atoms with E-state index in [0.29, 0.717) is 6.04 Å². The van der Waals surface area contributed by atoms with Crippen LogP contribution < -0.4 is 5.73 Å². The maximum atomic E-state index is 5.79. The average molecular weight is 166 g/mol. The summed E-state index contributed by atoms with van der Waals surface area (Å²) in [5, 5.41) is 0. The van der Waals surface area contributed by atoms with Crippen molar-refractivity contribution in [3.05, 3.63) is 24.2 Å². The molecular weight excluding hydrogens is 152 g/mol. The monoisotopic (exact) mass is 166 g/mol. The predicted molar refractivity (Wildman–Crippen MR) is 46.6 cm³/mol. The standard InChI is InChI=1S/C9H14N2O/c10-9-1-3-11(6-9)5-8-2-4-12-7-8/h2,4,7,9H,1,3,5-6,10H2/t9-/m0/s1. The van der Waals surface area contributed by atoms with E-state index in [1.54, 1.807) is 12.5 Å². The van der Waals surface area contributed by atoms with Crippen LogP contribution in [0, 0.1) is 0 Å². The molecule has 1 aromatic rings. The topological polar surface area (TPSA) is 42.4 Å². The molecule has 66 valence electrons. The fourth-order valence-corrected chi connectivity index (χ4v) is 1.65. The zero-order valence-electron chi connectivity index (χ0n) is 7.07. The van der Waals surface area contributed by atoms with Crippen LogP contribution in [0.15, 0.2) is 23.0 Å². The van der Waals surface area contributed by atoms with Crippen molar-refractivity contribution in [2.24, 2.45) is 5.73 Å². The van der Waals surface area contributed by atoms with E-state index in [4.69, 9.17) is 10.2 Å². The molecule has 0 unspecified atom stereocenters. The molecule has 1 aromatic heterocycles. The van der Waals surface area contributed by atoms with E-state index in [1.165, 1.54) is 5.56 Å². The van der Waals surface area contributed by atoms with Gasteiger partial charge in [0.25, 0.3) is 0 Å². The van der Waals surface area contributed by atoms with Gasteiger partial charge in [0.1, 0.15) is 0 Å². The summed E-state index contributed by atoms with van der Waals surface area (Å²) in [6.07, 6.45) is 4.63. The van der Waals surface area contributed by atoms with Crippen molar-refractivity contribution in [2.75, 3.05) is 13.1 Å². The van der Waals surface area contributed by atoms with E-state index in [-0.39, 0.29) is 0 Å². The molecule has 0 spiro atoms. The van der Waals surface area contributed by atoms with Gasteiger partial charge >= 0.3 is 0 Å². The molecule has 1 aliphatic heterocycles. The highest BCUT2D eigenvalue weighted by Gasteiger charge is 2.18. The highest BCUT2D eigenvalue weighted by Crippen LogP contribution is 2.11. The Morgan fingerprint density at radius 2 is 2.58 bits per heavy atom. The fraction of sp³-hybridized carbons (Fsp3) is 0.556. The van der Waals surface area contributed by atoms with E-state index in [2.05, 4.69) is 4.90 Å². The highest BCUT2D eigenvalue weighted by atomic mass is 16.3. The van der Waals surface area contributed by atoms with Crippen molar-refractivity contribution in [3.63, 3.8) is 0 Å². The first-order valence-corrected chi connectivity index (χ1v) is 4.33. The van der Waals surface area contributed by atoms with Crippen LogP contribution in [0.1, 0.15) is 12.0 Å². The second-order valence-electron chi connectivity index (χ2n) is 3.42. The maximum absolute atomic E-state index is 5.79. The molecule has 3 nitrogen and oxygen atoms in total. The van der Waals surface area contributed by atoms with Crippen LogP contribution in [0.4, 0.5) is 0 Å². The first-order chi connectivity index (χ1) is 5.84. The van der Waals surface area contributed by atoms with Crippen LogP contribution in [0.25, 0.3) is 0 Å². The maximum Gasteiger partial charge on any atom is 0.0947 e. The number of furan rings is 1. The minimum Gasteiger partial charge on any atom is -0.472 e. The predicted octanol–water partition coefficient (Wildman–Crippen LogP) is 0.813. The molecule has 3 heteroatoms. The minimum atomic E-state index is 0.372. The van der Waals surface area contributed by atoms with Crippen LogP contribution in [0.2, 0.25) is 0 Å². The van der Waals surface area contributed by atoms with Crippen LogP contribution in [-0.4, -0.2) is 24.0 Å². The largest absolute Gasteiger partial charge is 0.472 e. The van der Waals surface area contributed by atoms with Crippen molar-refractivity contribution in [1.29, 1.82) is 0 Å². The van der Waals surface area contributed by atoms with E-state index in [0.717, 1.165) is 26.1 Å². The number of likely N-dealkylation sites (tertiary alicyclic amines) is 1. The molecule has 1 fully saturated rings. The summed E-state index contributed by atoms with van der Waals surface area (Å²) in [6.45, 7) is 3.11. The zero-order valence-corrected chi connectivity index (χ0v) is 7.07. The van der Waals surface area contributed by atoms with Gasteiger partial charge in [0, 0.05) is 31.2 Å². The smallest absolute Gasteiger partial charge is 0.0947 e. The molecular formula is C9H14N2O. The molecule has 0 aliphatic carbocycles. The molecule has 1 atom stereocenters. The van der Waals surface area contributed by atoms with Crippen molar-refractivity contribution in [2.45, 2.75) is 19.0 Å². The quantitative estimate of drug-likeness (QED) is 0.707. The van der Waals surface area contributed by atoms with Crippen molar-refractivity contribution in [1.82, 2.24) is 4.90 Å². The van der Waals surface area contributed by atoms with Gasteiger partial charge in [-0.25, -0.2) is 0 Å². The summed E-state index contributed by atoms with van der Waals surface area (Å²) >= 11 is 0. The van der Waals surface area contributed by atoms with E-state index in [9.17, 15) is 0 Å². The second-order valence-corrected chi connectivity index (χ2v) is 3.42. The van der Waals surface area contributed by atoms with Gasteiger partial charge in [-0.2, -0.15) is 0 Å². The number of rotatable bonds is 2. The van der Waals surface area contributed by atoms with E-state index < -0.39 is 0 Å². The van der Waals surface area contributed by atoms with Gasteiger partial charge in [-0.05, 0) is 12.5 Å². The number of nitrogens with two attached hydrogens (primary N) is 1. The molecule has 1 saturated heterocycles. The molecule has 2 N–H and O–H groups in total. The lowest BCUT2D eigenvalue weighted by Crippen LogP contribution is -2.26. The van der Waals surface area contributed by atoms with Gasteiger partial charge in [-0.1, -0.05) is 0 Å². The molecule has 0 saturated carbocycles. The van der Waals surface area contributed by atoms with Gasteiger partial charge < -0.3 is 10.2 Å². The van der Waals surface area contributed by atoms with Crippen LogP contribution in [0.3, 0.4) is 0 Å². The van der Waals surface area contributed by atoms with Gasteiger partial charge in [0.05, 0.1) is 12.5 Å². The summed E-state index contributed by atoms with van der Waals surface area (Å²) in [5.74, 6) is 0. The first-order valence-electron chi connectivity index (χ1n) is 4.33. The lowest BCUT2D eigenvalue weighted by Gasteiger charge is -2.12. The molecule has 2 heterocycles. The molecule has 12 heavy (non-hydrogen) atoms. The molecule has 1 aliphatic rings. The highest BCUT2D eigenvalue weighted by molar-refractivity contribution is 5.05. The third-order valence-corrected chi connectivity index (χ3v) is 2.30. The van der Waals surface area contributed by atoms with Gasteiger partial charge in [-0.15, -0.1) is 0 Å². The molecule has 2 rings (SSSR count). The normalized spacial score (nSPS) is 24.9. The molecule has 0 radical (unpaired) electrons. The summed E-state index contributed by atoms with van der Waals surface area (Å²) in [5.41, 5.74) is 7.03. The molecule has 0 bridgehead atoms. The Kier molecular flexibility index (Phi) is 2.15. The van der Waals surface area contributed by atoms with E-state index in [1.807, 2.05) is 6.07 Å².